The van der Waals surface area contributed by atoms with Gasteiger partial charge in [0, 0.05) is 17.9 Å². The van der Waals surface area contributed by atoms with E-state index >= 15 is 0 Å². The van der Waals surface area contributed by atoms with E-state index in [1.807, 2.05) is 24.3 Å². The minimum absolute atomic E-state index is 0.312. The van der Waals surface area contributed by atoms with E-state index in [9.17, 15) is 13.6 Å². The second-order valence-corrected chi connectivity index (χ2v) is 5.97. The van der Waals surface area contributed by atoms with Crippen molar-refractivity contribution < 1.29 is 18.3 Å². The Morgan fingerprint density at radius 2 is 2.14 bits per heavy atom. The third-order valence-corrected chi connectivity index (χ3v) is 3.82. The second kappa shape index (κ2) is 6.70. The molecule has 116 valence electrons. The van der Waals surface area contributed by atoms with Gasteiger partial charge in [0.25, 0.3) is 5.92 Å². The van der Waals surface area contributed by atoms with Gasteiger partial charge < -0.3 is 9.64 Å². The van der Waals surface area contributed by atoms with E-state index in [1.54, 1.807) is 7.05 Å². The molecule has 1 aromatic rings. The molecular formula is C14H17BrF2N2O2. The molecule has 1 heterocycles. The molecule has 1 N–H and O–H groups in total. The number of hydrogen-bond donors (Lipinski definition) is 1. The Balaban J connectivity index is 1.75. The Labute approximate surface area is 130 Å². The van der Waals surface area contributed by atoms with Gasteiger partial charge >= 0.3 is 0 Å². The molecule has 0 spiro atoms. The van der Waals surface area contributed by atoms with E-state index in [4.69, 9.17) is 4.74 Å². The second-order valence-electron chi connectivity index (χ2n) is 5.06. The standard InChI is InChI=1S/C14H17BrF2N2O2/c1-19(13(20)12-8-14(16,17)9-18-12)6-7-21-11-4-2-10(15)3-5-11/h2-5,12,18H,6-9H2,1H3. The van der Waals surface area contributed by atoms with Gasteiger partial charge in [0.15, 0.2) is 0 Å². The van der Waals surface area contributed by atoms with E-state index in [0.717, 1.165) is 4.47 Å². The van der Waals surface area contributed by atoms with Gasteiger partial charge in [0.05, 0.1) is 19.1 Å². The molecule has 1 atom stereocenters. The van der Waals surface area contributed by atoms with Crippen LogP contribution in [0, 0.1) is 0 Å². The highest BCUT2D eigenvalue weighted by Gasteiger charge is 2.43. The van der Waals surface area contributed by atoms with Crippen molar-refractivity contribution in [1.29, 1.82) is 0 Å². The fourth-order valence-corrected chi connectivity index (χ4v) is 2.36. The summed E-state index contributed by atoms with van der Waals surface area (Å²) in [5, 5.41) is 2.55. The highest BCUT2D eigenvalue weighted by molar-refractivity contribution is 9.10. The quantitative estimate of drug-likeness (QED) is 0.873. The van der Waals surface area contributed by atoms with Gasteiger partial charge in [-0.15, -0.1) is 0 Å². The van der Waals surface area contributed by atoms with Crippen molar-refractivity contribution in [3.63, 3.8) is 0 Å². The summed E-state index contributed by atoms with van der Waals surface area (Å²) in [6.07, 6.45) is -0.441. The summed E-state index contributed by atoms with van der Waals surface area (Å²) >= 11 is 3.33. The Kier molecular flexibility index (Phi) is 5.16. The van der Waals surface area contributed by atoms with Gasteiger partial charge in [-0.2, -0.15) is 0 Å². The van der Waals surface area contributed by atoms with Crippen LogP contribution >= 0.6 is 15.9 Å². The first kappa shape index (κ1) is 16.2. The number of likely N-dealkylation sites (N-methyl/N-ethyl adjacent to an activating group) is 1. The Hall–Kier alpha value is -1.21. The monoisotopic (exact) mass is 362 g/mol. The van der Waals surface area contributed by atoms with E-state index in [1.165, 1.54) is 4.90 Å². The highest BCUT2D eigenvalue weighted by atomic mass is 79.9. The normalized spacial score (nSPS) is 20.3. The summed E-state index contributed by atoms with van der Waals surface area (Å²) in [5.41, 5.74) is 0. The van der Waals surface area contributed by atoms with Crippen molar-refractivity contribution in [1.82, 2.24) is 10.2 Å². The third kappa shape index (κ3) is 4.64. The molecule has 4 nitrogen and oxygen atoms in total. The summed E-state index contributed by atoms with van der Waals surface area (Å²) in [5.74, 6) is -2.43. The number of carbonyl (C=O) groups is 1. The molecule has 1 fully saturated rings. The zero-order chi connectivity index (χ0) is 15.5. The maximum atomic E-state index is 13.1. The van der Waals surface area contributed by atoms with Crippen LogP contribution in [-0.4, -0.2) is 49.5 Å². The van der Waals surface area contributed by atoms with E-state index in [-0.39, 0.29) is 5.91 Å². The van der Waals surface area contributed by atoms with Crippen LogP contribution in [0.2, 0.25) is 0 Å². The van der Waals surface area contributed by atoms with Crippen LogP contribution < -0.4 is 10.1 Å². The molecule has 0 aromatic heterocycles. The van der Waals surface area contributed by atoms with Gasteiger partial charge in [-0.1, -0.05) is 15.9 Å². The predicted molar refractivity (Wildman–Crippen MR) is 78.6 cm³/mol. The molecule has 0 radical (unpaired) electrons. The zero-order valence-corrected chi connectivity index (χ0v) is 13.2. The fraction of sp³-hybridized carbons (Fsp3) is 0.500. The van der Waals surface area contributed by atoms with Crippen LogP contribution in [0.25, 0.3) is 0 Å². The predicted octanol–water partition coefficient (Wildman–Crippen LogP) is 2.28. The molecular weight excluding hydrogens is 346 g/mol. The van der Waals surface area contributed by atoms with Crippen molar-refractivity contribution >= 4 is 21.8 Å². The van der Waals surface area contributed by atoms with Gasteiger partial charge in [-0.25, -0.2) is 8.78 Å². The van der Waals surface area contributed by atoms with Crippen LogP contribution in [-0.2, 0) is 4.79 Å². The molecule has 0 aliphatic carbocycles. The molecule has 7 heteroatoms. The van der Waals surface area contributed by atoms with Crippen molar-refractivity contribution in [2.45, 2.75) is 18.4 Å². The maximum Gasteiger partial charge on any atom is 0.262 e. The lowest BCUT2D eigenvalue weighted by atomic mass is 10.2. The SMILES string of the molecule is CN(CCOc1ccc(Br)cc1)C(=O)C1CC(F)(F)CN1. The lowest BCUT2D eigenvalue weighted by Gasteiger charge is -2.21. The van der Waals surface area contributed by atoms with Gasteiger partial charge in [-0.3, -0.25) is 10.1 Å². The third-order valence-electron chi connectivity index (χ3n) is 3.29. The average Bonchev–Trinajstić information content (AvgIpc) is 2.80. The van der Waals surface area contributed by atoms with Crippen LogP contribution in [0.5, 0.6) is 5.75 Å². The molecule has 1 amide bonds. The van der Waals surface area contributed by atoms with Gasteiger partial charge in [0.2, 0.25) is 5.91 Å². The van der Waals surface area contributed by atoms with Gasteiger partial charge in [0.1, 0.15) is 12.4 Å². The summed E-state index contributed by atoms with van der Waals surface area (Å²) in [6, 6.07) is 6.53. The molecule has 1 unspecified atom stereocenters. The van der Waals surface area contributed by atoms with Crippen LogP contribution in [0.4, 0.5) is 8.78 Å². The Morgan fingerprint density at radius 3 is 2.71 bits per heavy atom. The molecule has 1 aromatic carbocycles. The van der Waals surface area contributed by atoms with E-state index in [0.29, 0.717) is 18.9 Å². The fourth-order valence-electron chi connectivity index (χ4n) is 2.10. The molecule has 1 saturated heterocycles. The number of benzene rings is 1. The van der Waals surface area contributed by atoms with E-state index < -0.39 is 24.9 Å². The first-order valence-electron chi connectivity index (χ1n) is 6.62. The molecule has 1 aliphatic heterocycles. The van der Waals surface area contributed by atoms with Gasteiger partial charge in [-0.05, 0) is 24.3 Å². The first-order valence-corrected chi connectivity index (χ1v) is 7.41. The lowest BCUT2D eigenvalue weighted by molar-refractivity contribution is -0.132. The van der Waals surface area contributed by atoms with Crippen molar-refractivity contribution in [2.24, 2.45) is 0 Å². The minimum atomic E-state index is -2.80. The Morgan fingerprint density at radius 1 is 1.48 bits per heavy atom. The van der Waals surface area contributed by atoms with Crippen molar-refractivity contribution in [2.75, 3.05) is 26.7 Å². The lowest BCUT2D eigenvalue weighted by Crippen LogP contribution is -2.43. The summed E-state index contributed by atoms with van der Waals surface area (Å²) in [7, 11) is 1.59. The van der Waals surface area contributed by atoms with E-state index in [2.05, 4.69) is 21.2 Å². The summed E-state index contributed by atoms with van der Waals surface area (Å²) in [6.45, 7) is 0.221. The van der Waals surface area contributed by atoms with Crippen LogP contribution in [0.15, 0.2) is 28.7 Å². The summed E-state index contributed by atoms with van der Waals surface area (Å²) < 4.78 is 32.6. The van der Waals surface area contributed by atoms with Crippen LogP contribution in [0.1, 0.15) is 6.42 Å². The molecule has 21 heavy (non-hydrogen) atoms. The number of amides is 1. The maximum absolute atomic E-state index is 13.1. The molecule has 2 rings (SSSR count). The summed E-state index contributed by atoms with van der Waals surface area (Å²) in [4.78, 5) is 13.4. The van der Waals surface area contributed by atoms with Crippen LogP contribution in [0.3, 0.4) is 0 Å². The molecule has 1 aliphatic rings. The molecule has 0 saturated carbocycles. The number of alkyl halides is 2. The smallest absolute Gasteiger partial charge is 0.262 e. The number of ether oxygens (including phenoxy) is 1. The number of nitrogens with zero attached hydrogens (tertiary/aromatic N) is 1. The largest absolute Gasteiger partial charge is 0.492 e. The number of rotatable bonds is 5. The first-order chi connectivity index (χ1) is 9.87. The number of carbonyl (C=O) groups excluding carboxylic acids is 1. The van der Waals surface area contributed by atoms with Crippen molar-refractivity contribution in [3.05, 3.63) is 28.7 Å². The minimum Gasteiger partial charge on any atom is -0.492 e. The van der Waals surface area contributed by atoms with Crippen molar-refractivity contribution in [3.8, 4) is 5.75 Å². The Bertz CT molecular complexity index is 496. The number of nitrogens with one attached hydrogen (secondary N) is 1. The topological polar surface area (TPSA) is 41.6 Å². The highest BCUT2D eigenvalue weighted by Crippen LogP contribution is 2.25. The number of hydrogen-bond acceptors (Lipinski definition) is 3. The zero-order valence-electron chi connectivity index (χ0n) is 11.6. The molecule has 0 bridgehead atoms. The number of halogens is 3. The average molecular weight is 363 g/mol.